The number of oxazole rings is 1. The zero-order chi connectivity index (χ0) is 20.6. The van der Waals surface area contributed by atoms with Crippen molar-refractivity contribution in [3.8, 4) is 17.6 Å². The summed E-state index contributed by atoms with van der Waals surface area (Å²) in [7, 11) is 0. The molecule has 30 heavy (non-hydrogen) atoms. The molecule has 1 unspecified atom stereocenters. The van der Waals surface area contributed by atoms with Crippen molar-refractivity contribution >= 4 is 11.1 Å². The summed E-state index contributed by atoms with van der Waals surface area (Å²) < 4.78 is 17.1. The minimum atomic E-state index is 0.157. The quantitative estimate of drug-likeness (QED) is 0.424. The van der Waals surface area contributed by atoms with E-state index in [9.17, 15) is 5.11 Å². The summed E-state index contributed by atoms with van der Waals surface area (Å²) in [6, 6.07) is 25.2. The lowest BCUT2D eigenvalue weighted by Gasteiger charge is -2.19. The van der Waals surface area contributed by atoms with Crippen molar-refractivity contribution in [2.24, 2.45) is 0 Å². The Bertz CT molecular complexity index is 1010. The molecule has 1 aromatic heterocycles. The summed E-state index contributed by atoms with van der Waals surface area (Å²) in [5.74, 6) is 1.40. The van der Waals surface area contributed by atoms with Gasteiger partial charge in [0, 0.05) is 5.56 Å². The van der Waals surface area contributed by atoms with Crippen LogP contribution in [0.5, 0.6) is 17.6 Å². The predicted molar refractivity (Wildman–Crippen MR) is 114 cm³/mol. The molecule has 0 bridgehead atoms. The lowest BCUT2D eigenvalue weighted by atomic mass is 10.2. The first kappa shape index (κ1) is 19.9. The van der Waals surface area contributed by atoms with Crippen molar-refractivity contribution in [2.45, 2.75) is 6.54 Å². The molecule has 4 rings (SSSR count). The van der Waals surface area contributed by atoms with Crippen LogP contribution >= 0.6 is 0 Å². The molecular weight excluding hydrogens is 380 g/mol. The number of rotatable bonds is 10. The van der Waals surface area contributed by atoms with Crippen LogP contribution in [0.3, 0.4) is 0 Å². The van der Waals surface area contributed by atoms with Crippen LogP contribution < -0.4 is 14.4 Å². The number of aliphatic hydroxyl groups excluding tert-OH is 1. The van der Waals surface area contributed by atoms with Crippen LogP contribution in [0.1, 0.15) is 5.56 Å². The number of nitrogens with one attached hydrogen (secondary N) is 1. The summed E-state index contributed by atoms with van der Waals surface area (Å²) in [6.45, 7) is 3.08. The lowest BCUT2D eigenvalue weighted by molar-refractivity contribution is -0.914. The molecular formula is C24H25N2O4+. The average Bonchev–Trinajstić information content (AvgIpc) is 3.18. The van der Waals surface area contributed by atoms with E-state index in [1.807, 2.05) is 66.7 Å². The molecule has 0 amide bonds. The van der Waals surface area contributed by atoms with Gasteiger partial charge in [-0.1, -0.05) is 42.5 Å². The maximum absolute atomic E-state index is 9.34. The molecule has 4 aromatic rings. The number of ether oxygens (including phenoxy) is 2. The molecule has 0 saturated heterocycles. The van der Waals surface area contributed by atoms with Gasteiger partial charge in [0.25, 0.3) is 0 Å². The number of hydrogen-bond donors (Lipinski definition) is 2. The second kappa shape index (κ2) is 9.91. The number of hydrogen-bond acceptors (Lipinski definition) is 5. The molecule has 0 fully saturated rings. The van der Waals surface area contributed by atoms with E-state index in [1.54, 1.807) is 0 Å². The first-order chi connectivity index (χ1) is 14.8. The minimum absolute atomic E-state index is 0.157. The first-order valence-electron chi connectivity index (χ1n) is 10.0. The predicted octanol–water partition coefficient (Wildman–Crippen LogP) is 3.08. The van der Waals surface area contributed by atoms with Gasteiger partial charge in [0.2, 0.25) is 0 Å². The van der Waals surface area contributed by atoms with Crippen molar-refractivity contribution in [3.05, 3.63) is 84.4 Å². The number of para-hydroxylation sites is 2. The maximum atomic E-state index is 9.34. The molecule has 3 aromatic carbocycles. The zero-order valence-corrected chi connectivity index (χ0v) is 16.7. The number of aliphatic hydroxyl groups is 1. The SMILES string of the molecule is OCC[NH+](CCOc1ccc(Oc2nc3ccccc3o2)cc1)Cc1ccccc1. The molecule has 2 N–H and O–H groups in total. The standard InChI is InChI=1S/C24H24N2O4/c27-16-14-26(18-19-6-2-1-3-7-19)15-17-28-20-10-12-21(13-11-20)29-24-25-22-8-4-5-9-23(22)30-24/h1-13,27H,14-18H2/p+1. The van der Waals surface area contributed by atoms with Crippen LogP contribution in [0.4, 0.5) is 0 Å². The van der Waals surface area contributed by atoms with Crippen molar-refractivity contribution < 1.29 is 23.9 Å². The van der Waals surface area contributed by atoms with E-state index in [4.69, 9.17) is 13.9 Å². The molecule has 0 aliphatic carbocycles. The van der Waals surface area contributed by atoms with Crippen molar-refractivity contribution in [2.75, 3.05) is 26.3 Å². The number of nitrogens with zero attached hydrogens (tertiary/aromatic N) is 1. The number of benzene rings is 3. The fourth-order valence-electron chi connectivity index (χ4n) is 3.26. The summed E-state index contributed by atoms with van der Waals surface area (Å²) in [5.41, 5.74) is 2.71. The van der Waals surface area contributed by atoms with Gasteiger partial charge in [-0.25, -0.2) is 0 Å². The Balaban J connectivity index is 1.28. The Kier molecular flexibility index (Phi) is 6.59. The highest BCUT2D eigenvalue weighted by molar-refractivity contribution is 5.72. The third-order valence-corrected chi connectivity index (χ3v) is 4.79. The summed E-state index contributed by atoms with van der Waals surface area (Å²) in [6.07, 6.45) is 0.217. The average molecular weight is 405 g/mol. The number of aromatic nitrogens is 1. The Morgan fingerprint density at radius 3 is 2.33 bits per heavy atom. The maximum Gasteiger partial charge on any atom is 0.400 e. The van der Waals surface area contributed by atoms with E-state index in [0.29, 0.717) is 24.5 Å². The molecule has 0 spiro atoms. The largest absolute Gasteiger partial charge is 0.488 e. The monoisotopic (exact) mass is 405 g/mol. The molecule has 6 nitrogen and oxygen atoms in total. The third-order valence-electron chi connectivity index (χ3n) is 4.79. The Morgan fingerprint density at radius 1 is 0.833 bits per heavy atom. The topological polar surface area (TPSA) is 69.2 Å². The summed E-state index contributed by atoms with van der Waals surface area (Å²) >= 11 is 0. The molecule has 1 atom stereocenters. The molecule has 0 aliphatic heterocycles. The number of fused-ring (bicyclic) bond motifs is 1. The van der Waals surface area contributed by atoms with E-state index >= 15 is 0 Å². The third kappa shape index (κ3) is 5.37. The fraction of sp³-hybridized carbons (Fsp3) is 0.208. The van der Waals surface area contributed by atoms with Gasteiger partial charge in [-0.2, -0.15) is 4.98 Å². The molecule has 0 aliphatic rings. The fourth-order valence-corrected chi connectivity index (χ4v) is 3.26. The van der Waals surface area contributed by atoms with Gasteiger partial charge in [-0.05, 0) is 36.4 Å². The molecule has 1 heterocycles. The lowest BCUT2D eigenvalue weighted by Crippen LogP contribution is -3.11. The molecule has 0 radical (unpaired) electrons. The van der Waals surface area contributed by atoms with Crippen molar-refractivity contribution in [3.63, 3.8) is 0 Å². The van der Waals surface area contributed by atoms with E-state index in [0.717, 1.165) is 24.4 Å². The zero-order valence-electron chi connectivity index (χ0n) is 16.7. The van der Waals surface area contributed by atoms with Crippen LogP contribution in [0.15, 0.2) is 83.3 Å². The number of quaternary nitrogens is 1. The Hall–Kier alpha value is -3.35. The molecule has 6 heteroatoms. The normalized spacial score (nSPS) is 12.0. The highest BCUT2D eigenvalue weighted by Crippen LogP contribution is 2.26. The van der Waals surface area contributed by atoms with Gasteiger partial charge in [0.15, 0.2) is 5.58 Å². The van der Waals surface area contributed by atoms with E-state index in [2.05, 4.69) is 17.1 Å². The van der Waals surface area contributed by atoms with Crippen LogP contribution in [0.2, 0.25) is 0 Å². The van der Waals surface area contributed by atoms with E-state index < -0.39 is 0 Å². The van der Waals surface area contributed by atoms with Crippen molar-refractivity contribution in [1.82, 2.24) is 4.98 Å². The van der Waals surface area contributed by atoms with Gasteiger partial charge < -0.3 is 23.9 Å². The van der Waals surface area contributed by atoms with Crippen molar-refractivity contribution in [1.29, 1.82) is 0 Å². The summed E-state index contributed by atoms with van der Waals surface area (Å²) in [5, 5.41) is 9.34. The van der Waals surface area contributed by atoms with Gasteiger partial charge in [-0.15, -0.1) is 0 Å². The van der Waals surface area contributed by atoms with Crippen LogP contribution in [0, 0.1) is 0 Å². The van der Waals surface area contributed by atoms with E-state index in [1.165, 1.54) is 10.5 Å². The van der Waals surface area contributed by atoms with Crippen LogP contribution in [-0.2, 0) is 6.54 Å². The minimum Gasteiger partial charge on any atom is -0.488 e. The second-order valence-corrected chi connectivity index (χ2v) is 7.01. The smallest absolute Gasteiger partial charge is 0.400 e. The van der Waals surface area contributed by atoms with Gasteiger partial charge in [0.1, 0.15) is 43.3 Å². The Labute approximate surface area is 175 Å². The second-order valence-electron chi connectivity index (χ2n) is 7.01. The Morgan fingerprint density at radius 2 is 1.57 bits per heavy atom. The van der Waals surface area contributed by atoms with Gasteiger partial charge in [-0.3, -0.25) is 0 Å². The van der Waals surface area contributed by atoms with E-state index in [-0.39, 0.29) is 12.7 Å². The summed E-state index contributed by atoms with van der Waals surface area (Å²) in [4.78, 5) is 5.59. The highest BCUT2D eigenvalue weighted by Gasteiger charge is 2.10. The molecule has 154 valence electrons. The van der Waals surface area contributed by atoms with Gasteiger partial charge >= 0.3 is 6.08 Å². The van der Waals surface area contributed by atoms with Gasteiger partial charge in [0.05, 0.1) is 6.61 Å². The van der Waals surface area contributed by atoms with Crippen LogP contribution in [-0.4, -0.2) is 36.4 Å². The first-order valence-corrected chi connectivity index (χ1v) is 10.0. The highest BCUT2D eigenvalue weighted by atomic mass is 16.6. The van der Waals surface area contributed by atoms with Crippen LogP contribution in [0.25, 0.3) is 11.1 Å². The molecule has 0 saturated carbocycles.